The van der Waals surface area contributed by atoms with Crippen LogP contribution in [0, 0.1) is 12.8 Å². The predicted octanol–water partition coefficient (Wildman–Crippen LogP) is 1.59. The highest BCUT2D eigenvalue weighted by Crippen LogP contribution is 2.48. The van der Waals surface area contributed by atoms with E-state index in [0.29, 0.717) is 5.75 Å². The number of aryl methyl sites for hydroxylation is 1. The molecule has 1 aromatic carbocycles. The topological polar surface area (TPSA) is 67.9 Å². The molecule has 0 spiro atoms. The third-order valence-electron chi connectivity index (χ3n) is 4.43. The van der Waals surface area contributed by atoms with Crippen molar-refractivity contribution in [1.29, 1.82) is 0 Å². The van der Waals surface area contributed by atoms with Crippen molar-refractivity contribution in [3.8, 4) is 5.75 Å². The molecule has 6 nitrogen and oxygen atoms in total. The van der Waals surface area contributed by atoms with E-state index >= 15 is 0 Å². The number of fused-ring (bicyclic) bond motifs is 4. The molecule has 2 aliphatic heterocycles. The number of carbonyl (C=O) groups is 2. The number of nitrogens with zero attached hydrogens (tertiary/aromatic N) is 1. The average Bonchev–Trinajstić information content (AvgIpc) is 2.45. The first-order valence-corrected chi connectivity index (χ1v) is 6.80. The summed E-state index contributed by atoms with van der Waals surface area (Å²) in [6, 6.07) is 5.03. The molecule has 112 valence electrons. The van der Waals surface area contributed by atoms with Crippen LogP contribution in [-0.4, -0.2) is 36.8 Å². The first-order chi connectivity index (χ1) is 9.88. The highest BCUT2D eigenvalue weighted by molar-refractivity contribution is 5.84. The van der Waals surface area contributed by atoms with E-state index in [1.165, 1.54) is 12.0 Å². The third-order valence-corrected chi connectivity index (χ3v) is 4.43. The lowest BCUT2D eigenvalue weighted by Gasteiger charge is -2.53. The Bertz CT molecular complexity index is 630. The van der Waals surface area contributed by atoms with E-state index in [1.54, 1.807) is 14.0 Å². The number of urea groups is 1. The van der Waals surface area contributed by atoms with Crippen molar-refractivity contribution in [1.82, 2.24) is 10.2 Å². The second-order valence-electron chi connectivity index (χ2n) is 5.68. The van der Waals surface area contributed by atoms with Crippen LogP contribution < -0.4 is 10.1 Å². The Morgan fingerprint density at radius 2 is 2.19 bits per heavy atom. The van der Waals surface area contributed by atoms with Crippen molar-refractivity contribution >= 4 is 12.0 Å². The summed E-state index contributed by atoms with van der Waals surface area (Å²) < 4.78 is 11.0. The van der Waals surface area contributed by atoms with Crippen LogP contribution in [0.25, 0.3) is 0 Å². The minimum atomic E-state index is -1.07. The lowest BCUT2D eigenvalue weighted by atomic mass is 9.79. The van der Waals surface area contributed by atoms with Crippen LogP contribution in [0.4, 0.5) is 4.79 Å². The van der Waals surface area contributed by atoms with Gasteiger partial charge in [-0.05, 0) is 19.9 Å². The second-order valence-corrected chi connectivity index (χ2v) is 5.68. The van der Waals surface area contributed by atoms with Crippen LogP contribution in [-0.2, 0) is 9.53 Å². The fraction of sp³-hybridized carbons (Fsp3) is 0.467. The number of esters is 1. The van der Waals surface area contributed by atoms with Crippen molar-refractivity contribution in [2.75, 3.05) is 14.2 Å². The average molecular weight is 290 g/mol. The molecule has 3 unspecified atom stereocenters. The maximum Gasteiger partial charge on any atom is 0.320 e. The Labute approximate surface area is 123 Å². The van der Waals surface area contributed by atoms with Gasteiger partial charge in [0.05, 0.1) is 13.2 Å². The number of amides is 2. The van der Waals surface area contributed by atoms with E-state index in [2.05, 4.69) is 5.32 Å². The van der Waals surface area contributed by atoms with Crippen molar-refractivity contribution in [3.63, 3.8) is 0 Å². The number of hydrogen-bond acceptors (Lipinski definition) is 4. The Morgan fingerprint density at radius 3 is 2.86 bits per heavy atom. The molecule has 0 aromatic heterocycles. The number of ether oxygens (including phenoxy) is 2. The molecule has 3 atom stereocenters. The Morgan fingerprint density at radius 1 is 1.48 bits per heavy atom. The largest absolute Gasteiger partial charge is 0.469 e. The van der Waals surface area contributed by atoms with Gasteiger partial charge in [-0.2, -0.15) is 0 Å². The molecule has 1 fully saturated rings. The molecule has 2 amide bonds. The van der Waals surface area contributed by atoms with Gasteiger partial charge in [-0.3, -0.25) is 9.69 Å². The molecule has 1 saturated heterocycles. The minimum Gasteiger partial charge on any atom is -0.469 e. The zero-order valence-corrected chi connectivity index (χ0v) is 12.5. The van der Waals surface area contributed by atoms with Crippen LogP contribution in [0.15, 0.2) is 18.2 Å². The van der Waals surface area contributed by atoms with Gasteiger partial charge in [0.1, 0.15) is 11.7 Å². The van der Waals surface area contributed by atoms with Crippen molar-refractivity contribution in [2.45, 2.75) is 25.6 Å². The van der Waals surface area contributed by atoms with Gasteiger partial charge in [-0.1, -0.05) is 17.7 Å². The Balaban J connectivity index is 2.19. The summed E-state index contributed by atoms with van der Waals surface area (Å²) in [7, 11) is 2.95. The maximum atomic E-state index is 12.3. The summed E-state index contributed by atoms with van der Waals surface area (Å²) in [4.78, 5) is 25.8. The van der Waals surface area contributed by atoms with Gasteiger partial charge in [0, 0.05) is 12.6 Å². The predicted molar refractivity (Wildman–Crippen MR) is 74.8 cm³/mol. The standard InChI is InChI=1S/C15H18N2O4/c1-8-5-6-10-9(7-8)12-11(13(18)20-4)15(2,21-10)17(3)14(19)16-12/h5-7,11-12H,1-4H3,(H,16,19). The monoisotopic (exact) mass is 290 g/mol. The third kappa shape index (κ3) is 1.78. The Hall–Kier alpha value is -2.24. The zero-order chi connectivity index (χ0) is 15.4. The van der Waals surface area contributed by atoms with Gasteiger partial charge in [-0.15, -0.1) is 0 Å². The molecule has 0 aliphatic carbocycles. The van der Waals surface area contributed by atoms with Crippen LogP contribution >= 0.6 is 0 Å². The van der Waals surface area contributed by atoms with Crippen LogP contribution in [0.5, 0.6) is 5.75 Å². The smallest absolute Gasteiger partial charge is 0.320 e. The fourth-order valence-electron chi connectivity index (χ4n) is 3.13. The highest BCUT2D eigenvalue weighted by Gasteiger charge is 2.59. The second kappa shape index (κ2) is 4.38. The van der Waals surface area contributed by atoms with Crippen LogP contribution in [0.3, 0.4) is 0 Å². The van der Waals surface area contributed by atoms with Gasteiger partial charge in [0.15, 0.2) is 5.72 Å². The number of carbonyl (C=O) groups excluding carboxylic acids is 2. The van der Waals surface area contributed by atoms with Crippen molar-refractivity contribution in [3.05, 3.63) is 29.3 Å². The molecule has 0 radical (unpaired) electrons. The molecule has 6 heteroatoms. The first-order valence-electron chi connectivity index (χ1n) is 6.80. The summed E-state index contributed by atoms with van der Waals surface area (Å²) in [5.74, 6) is -0.346. The van der Waals surface area contributed by atoms with Crippen LogP contribution in [0.1, 0.15) is 24.1 Å². The van der Waals surface area contributed by atoms with Gasteiger partial charge in [0.25, 0.3) is 0 Å². The van der Waals surface area contributed by atoms with Crippen LogP contribution in [0.2, 0.25) is 0 Å². The first kappa shape index (κ1) is 13.7. The summed E-state index contributed by atoms with van der Waals surface area (Å²) in [6.07, 6.45) is 0. The van der Waals surface area contributed by atoms with Gasteiger partial charge in [0.2, 0.25) is 0 Å². The lowest BCUT2D eigenvalue weighted by molar-refractivity contribution is -0.173. The molecule has 21 heavy (non-hydrogen) atoms. The van der Waals surface area contributed by atoms with Gasteiger partial charge in [-0.25, -0.2) is 4.79 Å². The molecule has 3 rings (SSSR count). The SMILES string of the molecule is COC(=O)C1C2NC(=O)N(C)C1(C)Oc1ccc(C)cc12. The summed E-state index contributed by atoms with van der Waals surface area (Å²) in [6.45, 7) is 3.70. The molecule has 0 saturated carbocycles. The number of nitrogens with one attached hydrogen (secondary N) is 1. The molecular formula is C15H18N2O4. The molecule has 1 N–H and O–H groups in total. The summed E-state index contributed by atoms with van der Waals surface area (Å²) in [5, 5.41) is 2.88. The molecule has 1 aromatic rings. The van der Waals surface area contributed by atoms with Crippen molar-refractivity contribution in [2.24, 2.45) is 5.92 Å². The van der Waals surface area contributed by atoms with Crippen molar-refractivity contribution < 1.29 is 19.1 Å². The quantitative estimate of drug-likeness (QED) is 0.798. The zero-order valence-electron chi connectivity index (χ0n) is 12.5. The molecular weight excluding hydrogens is 272 g/mol. The van der Waals surface area contributed by atoms with E-state index in [-0.39, 0.29) is 6.03 Å². The maximum absolute atomic E-state index is 12.3. The van der Waals surface area contributed by atoms with E-state index < -0.39 is 23.7 Å². The van der Waals surface area contributed by atoms with Gasteiger partial charge < -0.3 is 14.8 Å². The lowest BCUT2D eigenvalue weighted by Crippen LogP contribution is -2.70. The number of benzene rings is 1. The highest BCUT2D eigenvalue weighted by atomic mass is 16.5. The normalized spacial score (nSPS) is 30.1. The molecule has 2 heterocycles. The number of methoxy groups -OCH3 is 1. The summed E-state index contributed by atoms with van der Waals surface area (Å²) >= 11 is 0. The molecule has 2 bridgehead atoms. The van der Waals surface area contributed by atoms with Gasteiger partial charge >= 0.3 is 12.0 Å². The molecule has 2 aliphatic rings. The van der Waals surface area contributed by atoms with E-state index in [0.717, 1.165) is 11.1 Å². The number of hydrogen-bond donors (Lipinski definition) is 1. The number of rotatable bonds is 1. The van der Waals surface area contributed by atoms with E-state index in [4.69, 9.17) is 9.47 Å². The Kier molecular flexibility index (Phi) is 2.86. The fourth-order valence-corrected chi connectivity index (χ4v) is 3.13. The summed E-state index contributed by atoms with van der Waals surface area (Å²) in [5.41, 5.74) is 0.782. The minimum absolute atomic E-state index is 0.269. The van der Waals surface area contributed by atoms with E-state index in [9.17, 15) is 9.59 Å². The van der Waals surface area contributed by atoms with E-state index in [1.807, 2.05) is 25.1 Å².